The van der Waals surface area contributed by atoms with Crippen molar-refractivity contribution in [3.8, 4) is 0 Å². The number of ketones is 1. The fourth-order valence-corrected chi connectivity index (χ4v) is 11.4. The minimum absolute atomic E-state index is 0.00425. The number of Topliss-reactive ketones (excluding diaryl/α,β-unsaturated/α-hetero) is 1. The Morgan fingerprint density at radius 2 is 1.51 bits per heavy atom. The van der Waals surface area contributed by atoms with E-state index in [0.717, 1.165) is 19.3 Å². The molecular weight excluding hydrogens is 532 g/mol. The summed E-state index contributed by atoms with van der Waals surface area (Å²) in [5, 5.41) is 2.38. The SMILES string of the molecule is CC[C@@H]1C(=O)CC(=O)O[C@@H]1[C@H](C)CC[C@@H]1C[C@@H](CO[Si](c2ccccc2)(c2ccccc2)C(C)(C)C)OC(C)(C)O1. The molecule has 2 aliphatic heterocycles. The fraction of sp³-hybridized carbons (Fsp3) is 0.588. The number of esters is 1. The summed E-state index contributed by atoms with van der Waals surface area (Å²) in [5.41, 5.74) is 0. The van der Waals surface area contributed by atoms with Crippen LogP contribution in [0.4, 0.5) is 0 Å². The molecule has 0 unspecified atom stereocenters. The van der Waals surface area contributed by atoms with Gasteiger partial charge in [-0.25, -0.2) is 0 Å². The van der Waals surface area contributed by atoms with Gasteiger partial charge in [0.1, 0.15) is 12.5 Å². The highest BCUT2D eigenvalue weighted by molar-refractivity contribution is 6.99. The van der Waals surface area contributed by atoms with E-state index in [9.17, 15) is 9.59 Å². The standard InChI is InChI=1S/C34H48O6Si/c1-8-29-30(35)22-31(36)38-32(29)24(2)19-20-25-21-26(40-34(6,7)39-25)23-37-41(33(3,4)5,27-15-11-9-12-16-27)28-17-13-10-14-18-28/h9-18,24-26,29,32H,8,19-23H2,1-7H3/t24-,25-,26+,29-,32-/m1/s1. The van der Waals surface area contributed by atoms with Crippen LogP contribution in [-0.4, -0.2) is 50.8 Å². The lowest BCUT2D eigenvalue weighted by molar-refractivity contribution is -0.304. The highest BCUT2D eigenvalue weighted by Crippen LogP contribution is 2.38. The largest absolute Gasteiger partial charge is 0.461 e. The maximum absolute atomic E-state index is 12.5. The van der Waals surface area contributed by atoms with Gasteiger partial charge < -0.3 is 18.6 Å². The molecule has 0 aromatic heterocycles. The molecule has 0 N–H and O–H groups in total. The zero-order valence-electron chi connectivity index (χ0n) is 25.9. The Labute approximate surface area is 247 Å². The van der Waals surface area contributed by atoms with Crippen molar-refractivity contribution in [2.75, 3.05) is 6.61 Å². The molecule has 2 aliphatic rings. The summed E-state index contributed by atoms with van der Waals surface area (Å²) in [6.45, 7) is 15.3. The van der Waals surface area contributed by atoms with Crippen LogP contribution in [0.5, 0.6) is 0 Å². The van der Waals surface area contributed by atoms with Crippen LogP contribution < -0.4 is 10.4 Å². The monoisotopic (exact) mass is 580 g/mol. The zero-order chi connectivity index (χ0) is 29.8. The first kappa shape index (κ1) is 31.6. The summed E-state index contributed by atoms with van der Waals surface area (Å²) in [6, 6.07) is 21.3. The Hall–Kier alpha value is -2.32. The summed E-state index contributed by atoms with van der Waals surface area (Å²) >= 11 is 0. The van der Waals surface area contributed by atoms with Gasteiger partial charge in [0, 0.05) is 6.42 Å². The molecule has 2 aromatic carbocycles. The molecule has 0 spiro atoms. The lowest BCUT2D eigenvalue weighted by atomic mass is 9.81. The maximum Gasteiger partial charge on any atom is 0.313 e. The van der Waals surface area contributed by atoms with Crippen LogP contribution in [0, 0.1) is 11.8 Å². The van der Waals surface area contributed by atoms with Crippen LogP contribution in [-0.2, 0) is 28.2 Å². The molecular formula is C34H48O6Si. The molecule has 7 heteroatoms. The van der Waals surface area contributed by atoms with Gasteiger partial charge in [0.15, 0.2) is 11.6 Å². The molecule has 0 radical (unpaired) electrons. The average Bonchev–Trinajstić information content (AvgIpc) is 2.91. The van der Waals surface area contributed by atoms with Gasteiger partial charge in [-0.15, -0.1) is 0 Å². The number of carbonyl (C=O) groups is 2. The lowest BCUT2D eigenvalue weighted by Crippen LogP contribution is -2.67. The number of cyclic esters (lactones) is 1. The molecule has 2 fully saturated rings. The Morgan fingerprint density at radius 1 is 0.951 bits per heavy atom. The van der Waals surface area contributed by atoms with Crippen molar-refractivity contribution in [3.63, 3.8) is 0 Å². The molecule has 0 saturated carbocycles. The molecule has 224 valence electrons. The molecule has 4 rings (SSSR count). The third-order valence-electron chi connectivity index (χ3n) is 8.67. The van der Waals surface area contributed by atoms with Gasteiger partial charge in [-0.2, -0.15) is 0 Å². The van der Waals surface area contributed by atoms with Gasteiger partial charge >= 0.3 is 5.97 Å². The van der Waals surface area contributed by atoms with Crippen LogP contribution in [0.1, 0.15) is 80.6 Å². The first-order valence-corrected chi connectivity index (χ1v) is 17.1. The minimum Gasteiger partial charge on any atom is -0.461 e. The first-order valence-electron chi connectivity index (χ1n) is 15.2. The Morgan fingerprint density at radius 3 is 2.05 bits per heavy atom. The summed E-state index contributed by atoms with van der Waals surface area (Å²) in [4.78, 5) is 24.5. The van der Waals surface area contributed by atoms with Crippen molar-refractivity contribution in [1.29, 1.82) is 0 Å². The number of hydrogen-bond donors (Lipinski definition) is 0. The van der Waals surface area contributed by atoms with Crippen LogP contribution >= 0.6 is 0 Å². The first-order chi connectivity index (χ1) is 19.4. The Bertz CT molecular complexity index is 1120. The molecule has 0 bridgehead atoms. The smallest absolute Gasteiger partial charge is 0.313 e. The molecule has 41 heavy (non-hydrogen) atoms. The van der Waals surface area contributed by atoms with E-state index in [2.05, 4.69) is 88.4 Å². The minimum atomic E-state index is -2.69. The molecule has 0 aliphatic carbocycles. The molecule has 5 atom stereocenters. The summed E-state index contributed by atoms with van der Waals surface area (Å²) < 4.78 is 25.7. The second-order valence-corrected chi connectivity index (χ2v) is 17.6. The summed E-state index contributed by atoms with van der Waals surface area (Å²) in [7, 11) is -2.69. The van der Waals surface area contributed by atoms with Gasteiger partial charge in [0.2, 0.25) is 0 Å². The van der Waals surface area contributed by atoms with Gasteiger partial charge in [-0.05, 0) is 54.4 Å². The fourth-order valence-electron chi connectivity index (χ4n) is 6.80. The third-order valence-corrected chi connectivity index (χ3v) is 13.7. The van der Waals surface area contributed by atoms with E-state index >= 15 is 0 Å². The van der Waals surface area contributed by atoms with Crippen LogP contribution in [0.25, 0.3) is 0 Å². The molecule has 2 heterocycles. The second-order valence-electron chi connectivity index (χ2n) is 13.3. The normalized spacial score (nSPS) is 25.9. The van der Waals surface area contributed by atoms with Crippen molar-refractivity contribution in [2.45, 2.75) is 110 Å². The number of rotatable bonds is 10. The van der Waals surface area contributed by atoms with Gasteiger partial charge in [-0.3, -0.25) is 9.59 Å². The molecule has 6 nitrogen and oxygen atoms in total. The predicted octanol–water partition coefficient (Wildman–Crippen LogP) is 5.80. The van der Waals surface area contributed by atoms with E-state index in [4.69, 9.17) is 18.6 Å². The van der Waals surface area contributed by atoms with Crippen molar-refractivity contribution < 1.29 is 28.2 Å². The number of carbonyl (C=O) groups excluding carboxylic acids is 2. The van der Waals surface area contributed by atoms with Crippen molar-refractivity contribution in [3.05, 3.63) is 60.7 Å². The molecule has 0 amide bonds. The average molecular weight is 581 g/mol. The second kappa shape index (κ2) is 12.9. The highest BCUT2D eigenvalue weighted by atomic mass is 28.4. The van der Waals surface area contributed by atoms with E-state index in [0.29, 0.717) is 13.0 Å². The van der Waals surface area contributed by atoms with E-state index in [1.165, 1.54) is 10.4 Å². The van der Waals surface area contributed by atoms with E-state index in [1.807, 2.05) is 20.8 Å². The van der Waals surface area contributed by atoms with Crippen molar-refractivity contribution in [1.82, 2.24) is 0 Å². The van der Waals surface area contributed by atoms with Gasteiger partial charge in [0.05, 0.1) is 24.7 Å². The van der Waals surface area contributed by atoms with E-state index in [1.54, 1.807) is 0 Å². The topological polar surface area (TPSA) is 71.1 Å². The maximum atomic E-state index is 12.5. The predicted molar refractivity (Wildman–Crippen MR) is 164 cm³/mol. The number of benzene rings is 2. The van der Waals surface area contributed by atoms with E-state index in [-0.39, 0.29) is 47.4 Å². The van der Waals surface area contributed by atoms with Crippen molar-refractivity contribution >= 4 is 30.4 Å². The summed E-state index contributed by atoms with van der Waals surface area (Å²) in [6.07, 6.45) is 2.37. The molecule has 2 aromatic rings. The Kier molecular flexibility index (Phi) is 9.95. The van der Waals surface area contributed by atoms with Gasteiger partial charge in [-0.1, -0.05) is 95.3 Å². The van der Waals surface area contributed by atoms with Crippen LogP contribution in [0.2, 0.25) is 5.04 Å². The highest BCUT2D eigenvalue weighted by Gasteiger charge is 2.51. The van der Waals surface area contributed by atoms with Crippen molar-refractivity contribution in [2.24, 2.45) is 11.8 Å². The Balaban J connectivity index is 1.50. The lowest BCUT2D eigenvalue weighted by Gasteiger charge is -2.46. The number of ether oxygens (including phenoxy) is 3. The van der Waals surface area contributed by atoms with Crippen LogP contribution in [0.3, 0.4) is 0 Å². The quantitative estimate of drug-likeness (QED) is 0.201. The van der Waals surface area contributed by atoms with E-state index < -0.39 is 20.1 Å². The van der Waals surface area contributed by atoms with Crippen LogP contribution in [0.15, 0.2) is 60.7 Å². The summed E-state index contributed by atoms with van der Waals surface area (Å²) in [5.74, 6) is -1.30. The zero-order valence-corrected chi connectivity index (χ0v) is 26.9. The molecule has 2 saturated heterocycles. The third kappa shape index (κ3) is 7.19. The van der Waals surface area contributed by atoms with Gasteiger partial charge in [0.25, 0.3) is 8.32 Å². The number of hydrogen-bond acceptors (Lipinski definition) is 6.